The number of carbonyl (C=O) groups excluding carboxylic acids is 1. The Morgan fingerprint density at radius 1 is 1.62 bits per heavy atom. The molecule has 1 aromatic heterocycles. The quantitative estimate of drug-likeness (QED) is 0.684. The molecule has 1 unspecified atom stereocenters. The van der Waals surface area contributed by atoms with E-state index in [2.05, 4.69) is 15.6 Å². The van der Waals surface area contributed by atoms with Crippen LogP contribution in [-0.2, 0) is 4.79 Å². The molecule has 1 aliphatic heterocycles. The SMILES string of the molecule is Cc1cc(NC2CCCNC2=O)ncc1N. The zero-order chi connectivity index (χ0) is 11.5. The highest BCUT2D eigenvalue weighted by Gasteiger charge is 2.21. The van der Waals surface area contributed by atoms with E-state index < -0.39 is 0 Å². The monoisotopic (exact) mass is 220 g/mol. The van der Waals surface area contributed by atoms with Crippen molar-refractivity contribution in [3.05, 3.63) is 17.8 Å². The number of hydrogen-bond acceptors (Lipinski definition) is 4. The Kier molecular flexibility index (Phi) is 2.94. The molecule has 16 heavy (non-hydrogen) atoms. The molecule has 1 amide bonds. The van der Waals surface area contributed by atoms with Crippen molar-refractivity contribution in [2.45, 2.75) is 25.8 Å². The number of hydrogen-bond donors (Lipinski definition) is 3. The highest BCUT2D eigenvalue weighted by atomic mass is 16.2. The molecule has 5 heteroatoms. The summed E-state index contributed by atoms with van der Waals surface area (Å²) in [6.45, 7) is 2.69. The summed E-state index contributed by atoms with van der Waals surface area (Å²) < 4.78 is 0. The largest absolute Gasteiger partial charge is 0.397 e. The molecule has 2 rings (SSSR count). The molecule has 1 saturated heterocycles. The average molecular weight is 220 g/mol. The molecule has 1 aromatic rings. The Hall–Kier alpha value is -1.78. The number of nitrogens with two attached hydrogens (primary N) is 1. The summed E-state index contributed by atoms with van der Waals surface area (Å²) in [5, 5.41) is 5.94. The van der Waals surface area contributed by atoms with Gasteiger partial charge in [0.1, 0.15) is 11.9 Å². The number of anilines is 2. The van der Waals surface area contributed by atoms with Crippen LogP contribution < -0.4 is 16.4 Å². The lowest BCUT2D eigenvalue weighted by Crippen LogP contribution is -2.44. The predicted octanol–water partition coefficient (Wildman–Crippen LogP) is 0.663. The van der Waals surface area contributed by atoms with Crippen LogP contribution in [0.25, 0.3) is 0 Å². The Balaban J connectivity index is 2.08. The molecule has 5 nitrogen and oxygen atoms in total. The van der Waals surface area contributed by atoms with E-state index in [4.69, 9.17) is 5.73 Å². The minimum atomic E-state index is -0.177. The predicted molar refractivity (Wildman–Crippen MR) is 63.0 cm³/mol. The van der Waals surface area contributed by atoms with Gasteiger partial charge in [0.15, 0.2) is 0 Å². The fourth-order valence-electron chi connectivity index (χ4n) is 1.73. The Labute approximate surface area is 94.4 Å². The van der Waals surface area contributed by atoms with Crippen molar-refractivity contribution in [1.82, 2.24) is 10.3 Å². The molecular weight excluding hydrogens is 204 g/mol. The highest BCUT2D eigenvalue weighted by Crippen LogP contribution is 2.15. The van der Waals surface area contributed by atoms with E-state index >= 15 is 0 Å². The number of aromatic nitrogens is 1. The van der Waals surface area contributed by atoms with E-state index in [-0.39, 0.29) is 11.9 Å². The second-order valence-electron chi connectivity index (χ2n) is 4.06. The molecule has 1 aliphatic rings. The van der Waals surface area contributed by atoms with Gasteiger partial charge < -0.3 is 16.4 Å². The number of nitrogens with zero attached hydrogens (tertiary/aromatic N) is 1. The molecule has 0 bridgehead atoms. The summed E-state index contributed by atoms with van der Waals surface area (Å²) >= 11 is 0. The van der Waals surface area contributed by atoms with Gasteiger partial charge >= 0.3 is 0 Å². The number of pyridine rings is 1. The molecule has 4 N–H and O–H groups in total. The first-order valence-corrected chi connectivity index (χ1v) is 5.43. The molecule has 1 atom stereocenters. The molecule has 0 aliphatic carbocycles. The second kappa shape index (κ2) is 4.38. The van der Waals surface area contributed by atoms with Crippen molar-refractivity contribution in [2.75, 3.05) is 17.6 Å². The lowest BCUT2D eigenvalue weighted by molar-refractivity contribution is -0.123. The van der Waals surface area contributed by atoms with Gasteiger partial charge in [0.25, 0.3) is 0 Å². The van der Waals surface area contributed by atoms with Crippen LogP contribution in [0.3, 0.4) is 0 Å². The molecule has 0 radical (unpaired) electrons. The maximum Gasteiger partial charge on any atom is 0.242 e. The van der Waals surface area contributed by atoms with E-state index in [0.29, 0.717) is 11.5 Å². The molecule has 2 heterocycles. The van der Waals surface area contributed by atoms with Gasteiger partial charge in [-0.15, -0.1) is 0 Å². The zero-order valence-corrected chi connectivity index (χ0v) is 9.29. The summed E-state index contributed by atoms with van der Waals surface area (Å²) in [6.07, 6.45) is 3.45. The number of rotatable bonds is 2. The van der Waals surface area contributed by atoms with E-state index in [0.717, 1.165) is 24.9 Å². The maximum atomic E-state index is 11.5. The van der Waals surface area contributed by atoms with Crippen molar-refractivity contribution in [1.29, 1.82) is 0 Å². The van der Waals surface area contributed by atoms with Gasteiger partial charge in [-0.2, -0.15) is 0 Å². The van der Waals surface area contributed by atoms with Crippen molar-refractivity contribution in [3.63, 3.8) is 0 Å². The van der Waals surface area contributed by atoms with E-state index in [9.17, 15) is 4.79 Å². The van der Waals surface area contributed by atoms with Gasteiger partial charge in [-0.1, -0.05) is 0 Å². The fraction of sp³-hybridized carbons (Fsp3) is 0.455. The first-order valence-electron chi connectivity index (χ1n) is 5.43. The first kappa shape index (κ1) is 10.7. The van der Waals surface area contributed by atoms with E-state index in [1.807, 2.05) is 13.0 Å². The summed E-state index contributed by atoms with van der Waals surface area (Å²) in [5.41, 5.74) is 7.31. The van der Waals surface area contributed by atoms with Gasteiger partial charge in [0, 0.05) is 6.54 Å². The molecule has 0 spiro atoms. The lowest BCUT2D eigenvalue weighted by Gasteiger charge is -2.23. The average Bonchev–Trinajstić information content (AvgIpc) is 2.27. The second-order valence-corrected chi connectivity index (χ2v) is 4.06. The van der Waals surface area contributed by atoms with Crippen LogP contribution >= 0.6 is 0 Å². The third kappa shape index (κ3) is 2.24. The number of aryl methyl sites for hydroxylation is 1. The number of amides is 1. The number of piperidine rings is 1. The van der Waals surface area contributed by atoms with Crippen molar-refractivity contribution >= 4 is 17.4 Å². The fourth-order valence-corrected chi connectivity index (χ4v) is 1.73. The van der Waals surface area contributed by atoms with Gasteiger partial charge in [0.2, 0.25) is 5.91 Å². The molecule has 0 saturated carbocycles. The first-order chi connectivity index (χ1) is 7.66. The lowest BCUT2D eigenvalue weighted by atomic mass is 10.1. The maximum absolute atomic E-state index is 11.5. The standard InChI is InChI=1S/C11H16N4O/c1-7-5-10(14-6-8(7)12)15-9-3-2-4-13-11(9)16/h5-6,9H,2-4,12H2,1H3,(H,13,16)(H,14,15). The van der Waals surface area contributed by atoms with Crippen molar-refractivity contribution in [3.8, 4) is 0 Å². The third-order valence-corrected chi connectivity index (χ3v) is 2.76. The normalized spacial score (nSPS) is 20.3. The molecular formula is C11H16N4O. The Morgan fingerprint density at radius 2 is 2.44 bits per heavy atom. The summed E-state index contributed by atoms with van der Waals surface area (Å²) in [7, 11) is 0. The van der Waals surface area contributed by atoms with E-state index in [1.165, 1.54) is 0 Å². The van der Waals surface area contributed by atoms with Crippen LogP contribution in [0.5, 0.6) is 0 Å². The van der Waals surface area contributed by atoms with Crippen LogP contribution in [0, 0.1) is 6.92 Å². The molecule has 0 aromatic carbocycles. The Bertz CT molecular complexity index is 405. The molecule has 1 fully saturated rings. The van der Waals surface area contributed by atoms with Gasteiger partial charge in [0.05, 0.1) is 11.9 Å². The minimum absolute atomic E-state index is 0.0440. The van der Waals surface area contributed by atoms with Crippen LogP contribution in [0.1, 0.15) is 18.4 Å². The summed E-state index contributed by atoms with van der Waals surface area (Å²) in [6, 6.07) is 1.68. The molecule has 86 valence electrons. The van der Waals surface area contributed by atoms with Gasteiger partial charge in [-0.25, -0.2) is 4.98 Å². The zero-order valence-electron chi connectivity index (χ0n) is 9.29. The topological polar surface area (TPSA) is 80.0 Å². The smallest absolute Gasteiger partial charge is 0.242 e. The van der Waals surface area contributed by atoms with E-state index in [1.54, 1.807) is 6.20 Å². The van der Waals surface area contributed by atoms with Crippen LogP contribution in [0.2, 0.25) is 0 Å². The van der Waals surface area contributed by atoms with Crippen LogP contribution in [0.15, 0.2) is 12.3 Å². The van der Waals surface area contributed by atoms with Gasteiger partial charge in [-0.3, -0.25) is 4.79 Å². The van der Waals surface area contributed by atoms with Crippen LogP contribution in [-0.4, -0.2) is 23.5 Å². The van der Waals surface area contributed by atoms with Gasteiger partial charge in [-0.05, 0) is 31.4 Å². The summed E-state index contributed by atoms with van der Waals surface area (Å²) in [4.78, 5) is 15.7. The highest BCUT2D eigenvalue weighted by molar-refractivity contribution is 5.85. The summed E-state index contributed by atoms with van der Waals surface area (Å²) in [5.74, 6) is 0.747. The minimum Gasteiger partial charge on any atom is -0.397 e. The van der Waals surface area contributed by atoms with Crippen molar-refractivity contribution in [2.24, 2.45) is 0 Å². The number of carbonyl (C=O) groups is 1. The van der Waals surface area contributed by atoms with Crippen molar-refractivity contribution < 1.29 is 4.79 Å². The number of nitrogens with one attached hydrogen (secondary N) is 2. The van der Waals surface area contributed by atoms with Crippen LogP contribution in [0.4, 0.5) is 11.5 Å². The number of nitrogen functional groups attached to an aromatic ring is 1. The third-order valence-electron chi connectivity index (χ3n) is 2.76. The Morgan fingerprint density at radius 3 is 3.12 bits per heavy atom.